The number of furan rings is 1. The Morgan fingerprint density at radius 1 is 1.05 bits per heavy atom. The number of benzene rings is 2. The van der Waals surface area contributed by atoms with Crippen molar-refractivity contribution in [2.45, 2.75) is 19.9 Å². The zero-order valence-electron chi connectivity index (χ0n) is 12.1. The van der Waals surface area contributed by atoms with Gasteiger partial charge in [0.05, 0.1) is 18.6 Å². The van der Waals surface area contributed by atoms with Crippen molar-refractivity contribution in [2.75, 3.05) is 11.9 Å². The Hall–Kier alpha value is -2.42. The molecule has 1 N–H and O–H groups in total. The van der Waals surface area contributed by atoms with Crippen LogP contribution in [0, 0.1) is 0 Å². The second-order valence-corrected chi connectivity index (χ2v) is 4.96. The molecule has 0 spiro atoms. The molecule has 0 atom stereocenters. The Labute approximate surface area is 124 Å². The van der Waals surface area contributed by atoms with Gasteiger partial charge in [0, 0.05) is 17.5 Å². The van der Waals surface area contributed by atoms with Crippen molar-refractivity contribution in [1.82, 2.24) is 0 Å². The van der Waals surface area contributed by atoms with Crippen LogP contribution < -0.4 is 10.1 Å². The zero-order chi connectivity index (χ0) is 14.5. The summed E-state index contributed by atoms with van der Waals surface area (Å²) in [6.07, 6.45) is 2.81. The summed E-state index contributed by atoms with van der Waals surface area (Å²) >= 11 is 0. The lowest BCUT2D eigenvalue weighted by molar-refractivity contribution is 0.319. The molecule has 3 rings (SSSR count). The summed E-state index contributed by atoms with van der Waals surface area (Å²) in [5.74, 6) is 0.896. The minimum Gasteiger partial charge on any atom is -0.491 e. The van der Waals surface area contributed by atoms with Crippen LogP contribution in [0.2, 0.25) is 0 Å². The SMILES string of the molecule is CCCOc1ccccc1NCc1coc2ccccc12. The third-order valence-corrected chi connectivity index (χ3v) is 3.38. The first-order valence-corrected chi connectivity index (χ1v) is 7.29. The number of rotatable bonds is 6. The van der Waals surface area contributed by atoms with Crippen molar-refractivity contribution in [2.24, 2.45) is 0 Å². The van der Waals surface area contributed by atoms with Crippen molar-refractivity contribution in [1.29, 1.82) is 0 Å². The maximum Gasteiger partial charge on any atom is 0.142 e. The van der Waals surface area contributed by atoms with E-state index in [0.717, 1.165) is 41.0 Å². The molecular formula is C18H19NO2. The van der Waals surface area contributed by atoms with Gasteiger partial charge in [-0.25, -0.2) is 0 Å². The van der Waals surface area contributed by atoms with Gasteiger partial charge in [0.15, 0.2) is 0 Å². The number of nitrogens with one attached hydrogen (secondary N) is 1. The molecule has 1 heterocycles. The normalized spacial score (nSPS) is 10.7. The topological polar surface area (TPSA) is 34.4 Å². The van der Waals surface area contributed by atoms with Gasteiger partial charge in [0.2, 0.25) is 0 Å². The highest BCUT2D eigenvalue weighted by atomic mass is 16.5. The minimum absolute atomic E-state index is 0.712. The monoisotopic (exact) mass is 281 g/mol. The van der Waals surface area contributed by atoms with Crippen molar-refractivity contribution in [3.05, 3.63) is 60.4 Å². The first-order valence-electron chi connectivity index (χ1n) is 7.29. The molecule has 0 aliphatic rings. The molecule has 0 radical (unpaired) electrons. The highest BCUT2D eigenvalue weighted by molar-refractivity contribution is 5.81. The Bertz CT molecular complexity index is 718. The van der Waals surface area contributed by atoms with Gasteiger partial charge in [-0.15, -0.1) is 0 Å². The van der Waals surface area contributed by atoms with Gasteiger partial charge in [0.25, 0.3) is 0 Å². The molecule has 108 valence electrons. The molecule has 3 heteroatoms. The summed E-state index contributed by atoms with van der Waals surface area (Å²) in [5.41, 5.74) is 3.08. The predicted molar refractivity (Wildman–Crippen MR) is 85.8 cm³/mol. The van der Waals surface area contributed by atoms with E-state index in [-0.39, 0.29) is 0 Å². The fraction of sp³-hybridized carbons (Fsp3) is 0.222. The molecule has 0 fully saturated rings. The summed E-state index contributed by atoms with van der Waals surface area (Å²) in [4.78, 5) is 0. The molecule has 0 aliphatic carbocycles. The van der Waals surface area contributed by atoms with Gasteiger partial charge in [-0.2, -0.15) is 0 Å². The molecule has 0 aliphatic heterocycles. The largest absolute Gasteiger partial charge is 0.491 e. The Balaban J connectivity index is 1.75. The van der Waals surface area contributed by atoms with Crippen LogP contribution in [-0.4, -0.2) is 6.61 Å². The van der Waals surface area contributed by atoms with Crippen molar-refractivity contribution in [3.63, 3.8) is 0 Å². The van der Waals surface area contributed by atoms with Gasteiger partial charge in [0.1, 0.15) is 11.3 Å². The Morgan fingerprint density at radius 2 is 1.86 bits per heavy atom. The smallest absolute Gasteiger partial charge is 0.142 e. The third-order valence-electron chi connectivity index (χ3n) is 3.38. The molecule has 0 saturated carbocycles. The van der Waals surface area contributed by atoms with E-state index in [1.54, 1.807) is 0 Å². The Kier molecular flexibility index (Phi) is 4.10. The van der Waals surface area contributed by atoms with E-state index in [4.69, 9.17) is 9.15 Å². The summed E-state index contributed by atoms with van der Waals surface area (Å²) in [7, 11) is 0. The average molecular weight is 281 g/mol. The number of anilines is 1. The minimum atomic E-state index is 0.712. The molecule has 0 unspecified atom stereocenters. The van der Waals surface area contributed by atoms with Crippen LogP contribution in [0.15, 0.2) is 59.2 Å². The van der Waals surface area contributed by atoms with Gasteiger partial charge in [-0.1, -0.05) is 37.3 Å². The summed E-state index contributed by atoms with van der Waals surface area (Å²) < 4.78 is 11.3. The number of fused-ring (bicyclic) bond motifs is 1. The van der Waals surface area contributed by atoms with Gasteiger partial charge < -0.3 is 14.5 Å². The van der Waals surface area contributed by atoms with Crippen molar-refractivity contribution >= 4 is 16.7 Å². The summed E-state index contributed by atoms with van der Waals surface area (Å²) in [5, 5.41) is 4.58. The first-order chi connectivity index (χ1) is 10.4. The molecule has 21 heavy (non-hydrogen) atoms. The van der Waals surface area contributed by atoms with E-state index >= 15 is 0 Å². The van der Waals surface area contributed by atoms with E-state index in [1.165, 1.54) is 0 Å². The van der Waals surface area contributed by atoms with E-state index < -0.39 is 0 Å². The van der Waals surface area contributed by atoms with E-state index in [0.29, 0.717) is 6.54 Å². The lowest BCUT2D eigenvalue weighted by Gasteiger charge is -2.12. The number of para-hydroxylation sites is 3. The maximum absolute atomic E-state index is 5.76. The molecule has 3 nitrogen and oxygen atoms in total. The molecular weight excluding hydrogens is 262 g/mol. The lowest BCUT2D eigenvalue weighted by Crippen LogP contribution is -2.03. The number of ether oxygens (including phenoxy) is 1. The maximum atomic E-state index is 5.76. The van der Waals surface area contributed by atoms with Crippen LogP contribution in [0.4, 0.5) is 5.69 Å². The average Bonchev–Trinajstić information content (AvgIpc) is 2.95. The summed E-state index contributed by atoms with van der Waals surface area (Å²) in [6.45, 7) is 3.55. The van der Waals surface area contributed by atoms with Crippen LogP contribution in [0.25, 0.3) is 11.0 Å². The van der Waals surface area contributed by atoms with Crippen molar-refractivity contribution in [3.8, 4) is 5.75 Å². The standard InChI is InChI=1S/C18H19NO2/c1-2-11-20-18-10-6-4-8-16(18)19-12-14-13-21-17-9-5-3-7-15(14)17/h3-10,13,19H,2,11-12H2,1H3. The van der Waals surface area contributed by atoms with Crippen LogP contribution >= 0.6 is 0 Å². The zero-order valence-corrected chi connectivity index (χ0v) is 12.1. The molecule has 1 aromatic heterocycles. The van der Waals surface area contributed by atoms with Crippen LogP contribution in [0.1, 0.15) is 18.9 Å². The van der Waals surface area contributed by atoms with E-state index in [1.807, 2.05) is 48.7 Å². The van der Waals surface area contributed by atoms with E-state index in [9.17, 15) is 0 Å². The number of hydrogen-bond donors (Lipinski definition) is 1. The van der Waals surface area contributed by atoms with Gasteiger partial charge in [-0.3, -0.25) is 0 Å². The lowest BCUT2D eigenvalue weighted by atomic mass is 10.2. The molecule has 0 saturated heterocycles. The fourth-order valence-electron chi connectivity index (χ4n) is 2.31. The molecule has 0 bridgehead atoms. The first kappa shape index (κ1) is 13.6. The van der Waals surface area contributed by atoms with Crippen molar-refractivity contribution < 1.29 is 9.15 Å². The number of hydrogen-bond acceptors (Lipinski definition) is 3. The second-order valence-electron chi connectivity index (χ2n) is 4.96. The highest BCUT2D eigenvalue weighted by Crippen LogP contribution is 2.26. The summed E-state index contributed by atoms with van der Waals surface area (Å²) in [6, 6.07) is 16.1. The van der Waals surface area contributed by atoms with Gasteiger partial charge in [-0.05, 0) is 24.6 Å². The van der Waals surface area contributed by atoms with E-state index in [2.05, 4.69) is 18.3 Å². The third kappa shape index (κ3) is 3.02. The molecule has 3 aromatic rings. The fourth-order valence-corrected chi connectivity index (χ4v) is 2.31. The van der Waals surface area contributed by atoms with Crippen LogP contribution in [-0.2, 0) is 6.54 Å². The Morgan fingerprint density at radius 3 is 2.76 bits per heavy atom. The molecule has 2 aromatic carbocycles. The quantitative estimate of drug-likeness (QED) is 0.702. The molecule has 0 amide bonds. The highest BCUT2D eigenvalue weighted by Gasteiger charge is 2.06. The van der Waals surface area contributed by atoms with Crippen LogP contribution in [0.5, 0.6) is 5.75 Å². The van der Waals surface area contributed by atoms with Gasteiger partial charge >= 0.3 is 0 Å². The second kappa shape index (κ2) is 6.35. The van der Waals surface area contributed by atoms with Crippen LogP contribution in [0.3, 0.4) is 0 Å². The predicted octanol–water partition coefficient (Wildman–Crippen LogP) is 4.83.